The number of hydrogen-bond acceptors (Lipinski definition) is 4. The Balaban J connectivity index is 1.52. The van der Waals surface area contributed by atoms with Gasteiger partial charge in [0.15, 0.2) is 0 Å². The second kappa shape index (κ2) is 7.38. The number of rotatable bonds is 5. The lowest BCUT2D eigenvalue weighted by Crippen LogP contribution is -2.48. The summed E-state index contributed by atoms with van der Waals surface area (Å²) >= 11 is 0. The molecule has 1 aromatic carbocycles. The van der Waals surface area contributed by atoms with Gasteiger partial charge in [0.25, 0.3) is 0 Å². The van der Waals surface area contributed by atoms with Crippen LogP contribution in [0.2, 0.25) is 0 Å². The van der Waals surface area contributed by atoms with Crippen LogP contribution >= 0.6 is 0 Å². The van der Waals surface area contributed by atoms with Crippen molar-refractivity contribution >= 4 is 0 Å². The molecule has 0 bridgehead atoms. The van der Waals surface area contributed by atoms with Gasteiger partial charge in [-0.25, -0.2) is 0 Å². The Morgan fingerprint density at radius 3 is 2.70 bits per heavy atom. The monoisotopic (exact) mass is 368 g/mol. The van der Waals surface area contributed by atoms with Crippen LogP contribution in [0.25, 0.3) is 0 Å². The quantitative estimate of drug-likeness (QED) is 0.758. The lowest BCUT2D eigenvalue weighted by Gasteiger charge is -2.39. The highest BCUT2D eigenvalue weighted by atomic mass is 16.3. The van der Waals surface area contributed by atoms with E-state index in [-0.39, 0.29) is 17.6 Å². The molecule has 1 aliphatic carbocycles. The van der Waals surface area contributed by atoms with Crippen LogP contribution in [0.5, 0.6) is 0 Å². The molecule has 27 heavy (non-hydrogen) atoms. The van der Waals surface area contributed by atoms with Crippen molar-refractivity contribution in [3.63, 3.8) is 0 Å². The molecule has 5 heteroatoms. The van der Waals surface area contributed by atoms with Crippen molar-refractivity contribution in [2.75, 3.05) is 19.6 Å². The zero-order chi connectivity index (χ0) is 19.0. The smallest absolute Gasteiger partial charge is 0.0832 e. The summed E-state index contributed by atoms with van der Waals surface area (Å²) in [5.41, 5.74) is 6.25. The lowest BCUT2D eigenvalue weighted by molar-refractivity contribution is 0.0445. The third-order valence-electron chi connectivity index (χ3n) is 6.78. The van der Waals surface area contributed by atoms with E-state index in [1.165, 1.54) is 22.4 Å². The van der Waals surface area contributed by atoms with Crippen molar-refractivity contribution in [2.24, 2.45) is 0 Å². The highest BCUT2D eigenvalue weighted by Crippen LogP contribution is 2.49. The number of aromatic nitrogens is 2. The molecule has 0 unspecified atom stereocenters. The van der Waals surface area contributed by atoms with Crippen LogP contribution in [-0.2, 0) is 18.4 Å². The summed E-state index contributed by atoms with van der Waals surface area (Å²) in [6.45, 7) is 10.1. The van der Waals surface area contributed by atoms with Crippen LogP contribution in [0.15, 0.2) is 24.3 Å². The summed E-state index contributed by atoms with van der Waals surface area (Å²) in [6.07, 6.45) is 2.59. The molecular weight excluding hydrogens is 336 g/mol. The summed E-state index contributed by atoms with van der Waals surface area (Å²) in [5.74, 6) is 0. The third kappa shape index (κ3) is 3.02. The van der Waals surface area contributed by atoms with E-state index < -0.39 is 0 Å². The van der Waals surface area contributed by atoms with Gasteiger partial charge in [0, 0.05) is 17.7 Å². The number of fused-ring (bicyclic) bond motifs is 2. The summed E-state index contributed by atoms with van der Waals surface area (Å²) < 4.78 is 2.08. The van der Waals surface area contributed by atoms with Crippen molar-refractivity contribution in [3.05, 3.63) is 52.3 Å². The molecule has 4 rings (SSSR count). The molecule has 0 amide bonds. The van der Waals surface area contributed by atoms with Gasteiger partial charge in [0.05, 0.1) is 17.8 Å². The Morgan fingerprint density at radius 1 is 1.26 bits per heavy atom. The zero-order valence-corrected chi connectivity index (χ0v) is 16.8. The highest BCUT2D eigenvalue weighted by molar-refractivity contribution is 5.45. The molecule has 1 fully saturated rings. The first-order valence-electron chi connectivity index (χ1n) is 10.3. The Morgan fingerprint density at radius 2 is 2.00 bits per heavy atom. The van der Waals surface area contributed by atoms with E-state index >= 15 is 0 Å². The summed E-state index contributed by atoms with van der Waals surface area (Å²) in [6, 6.07) is 8.65. The first-order chi connectivity index (χ1) is 13.1. The normalized spacial score (nSPS) is 23.7. The Bertz CT molecular complexity index is 807. The van der Waals surface area contributed by atoms with Crippen molar-refractivity contribution in [2.45, 2.75) is 64.1 Å². The van der Waals surface area contributed by atoms with E-state index in [2.05, 4.69) is 65.5 Å². The maximum atomic E-state index is 11.3. The predicted molar refractivity (Wildman–Crippen MR) is 108 cm³/mol. The Hall–Kier alpha value is -1.69. The van der Waals surface area contributed by atoms with E-state index in [0.29, 0.717) is 0 Å². The molecule has 5 nitrogen and oxygen atoms in total. The molecule has 1 saturated heterocycles. The van der Waals surface area contributed by atoms with Gasteiger partial charge in [-0.1, -0.05) is 24.3 Å². The SMILES string of the molecule is CCn1nc(C)c(CCN[C@H]2c3ccccc3C3(CCNCC3)[C@@H]2O)c1C. The van der Waals surface area contributed by atoms with Crippen molar-refractivity contribution in [3.8, 4) is 0 Å². The van der Waals surface area contributed by atoms with Crippen LogP contribution in [0.1, 0.15) is 53.9 Å². The molecule has 0 radical (unpaired) electrons. The van der Waals surface area contributed by atoms with Crippen molar-refractivity contribution < 1.29 is 5.11 Å². The summed E-state index contributed by atoms with van der Waals surface area (Å²) in [5, 5.41) is 23.1. The largest absolute Gasteiger partial charge is 0.390 e. The molecule has 1 aliphatic heterocycles. The van der Waals surface area contributed by atoms with Gasteiger partial charge in [0.1, 0.15) is 0 Å². The molecule has 2 aliphatic rings. The van der Waals surface area contributed by atoms with Crippen LogP contribution < -0.4 is 10.6 Å². The number of aliphatic hydroxyl groups excluding tert-OH is 1. The topological polar surface area (TPSA) is 62.1 Å². The van der Waals surface area contributed by atoms with E-state index in [4.69, 9.17) is 0 Å². The molecule has 3 N–H and O–H groups in total. The summed E-state index contributed by atoms with van der Waals surface area (Å²) in [7, 11) is 0. The lowest BCUT2D eigenvalue weighted by atomic mass is 9.72. The van der Waals surface area contributed by atoms with Crippen LogP contribution in [-0.4, -0.2) is 40.6 Å². The maximum absolute atomic E-state index is 11.3. The standard InChI is InChI=1S/C22H32N4O/c1-4-26-16(3)17(15(2)25-26)9-12-24-20-18-7-5-6-8-19(18)22(21(20)27)10-13-23-14-11-22/h5-8,20-21,23-24,27H,4,9-14H2,1-3H3/t20-,21+/m0/s1. The van der Waals surface area contributed by atoms with Crippen molar-refractivity contribution in [1.82, 2.24) is 20.4 Å². The maximum Gasteiger partial charge on any atom is 0.0832 e. The molecule has 0 saturated carbocycles. The number of nitrogens with one attached hydrogen (secondary N) is 2. The fourth-order valence-corrected chi connectivity index (χ4v) is 5.29. The second-order valence-electron chi connectivity index (χ2n) is 8.09. The van der Waals surface area contributed by atoms with Gasteiger partial charge in [-0.15, -0.1) is 0 Å². The number of hydrogen-bond donors (Lipinski definition) is 3. The zero-order valence-electron chi connectivity index (χ0n) is 16.8. The van der Waals surface area contributed by atoms with Crippen LogP contribution in [0.3, 0.4) is 0 Å². The van der Waals surface area contributed by atoms with Gasteiger partial charge in [-0.2, -0.15) is 5.10 Å². The first kappa shape index (κ1) is 18.7. The van der Waals surface area contributed by atoms with Gasteiger partial charge < -0.3 is 15.7 Å². The number of aryl methyl sites for hydroxylation is 2. The minimum atomic E-state index is -0.363. The number of benzene rings is 1. The van der Waals surface area contributed by atoms with E-state index in [9.17, 15) is 5.11 Å². The fourth-order valence-electron chi connectivity index (χ4n) is 5.29. The minimum absolute atomic E-state index is 0.0149. The minimum Gasteiger partial charge on any atom is -0.390 e. The Kier molecular flexibility index (Phi) is 5.10. The molecule has 1 aromatic heterocycles. The van der Waals surface area contributed by atoms with E-state index in [1.807, 2.05) is 0 Å². The highest BCUT2D eigenvalue weighted by Gasteiger charge is 2.51. The molecule has 2 atom stereocenters. The number of piperidine rings is 1. The number of aliphatic hydroxyl groups is 1. The van der Waals surface area contributed by atoms with E-state index in [0.717, 1.165) is 51.1 Å². The first-order valence-corrected chi connectivity index (χ1v) is 10.3. The van der Waals surface area contributed by atoms with Gasteiger partial charge in [-0.3, -0.25) is 4.68 Å². The molecule has 146 valence electrons. The average Bonchev–Trinajstić information content (AvgIpc) is 3.09. The van der Waals surface area contributed by atoms with Gasteiger partial charge in [0.2, 0.25) is 0 Å². The predicted octanol–water partition coefficient (Wildman–Crippen LogP) is 2.39. The second-order valence-corrected chi connectivity index (χ2v) is 8.09. The van der Waals surface area contributed by atoms with Crippen molar-refractivity contribution in [1.29, 1.82) is 0 Å². The Labute approximate surface area is 162 Å². The third-order valence-corrected chi connectivity index (χ3v) is 6.78. The molecule has 2 heterocycles. The van der Waals surface area contributed by atoms with Crippen LogP contribution in [0, 0.1) is 13.8 Å². The molecular formula is C22H32N4O. The fraction of sp³-hybridized carbons (Fsp3) is 0.591. The molecule has 2 aromatic rings. The van der Waals surface area contributed by atoms with Gasteiger partial charge >= 0.3 is 0 Å². The average molecular weight is 369 g/mol. The van der Waals surface area contributed by atoms with Gasteiger partial charge in [-0.05, 0) is 76.4 Å². The summed E-state index contributed by atoms with van der Waals surface area (Å²) in [4.78, 5) is 0. The number of nitrogens with zero attached hydrogens (tertiary/aromatic N) is 2. The molecule has 1 spiro atoms. The van der Waals surface area contributed by atoms with Crippen LogP contribution in [0.4, 0.5) is 0 Å². The van der Waals surface area contributed by atoms with E-state index in [1.54, 1.807) is 0 Å².